The molecule has 1 unspecified atom stereocenters. The number of nitrogens with zero attached hydrogens (tertiary/aromatic N) is 2. The van der Waals surface area contributed by atoms with E-state index in [1.54, 1.807) is 18.3 Å². The maximum Gasteiger partial charge on any atom is 0.133 e. The number of fused-ring (bicyclic) bond motifs is 1. The van der Waals surface area contributed by atoms with E-state index in [4.69, 9.17) is 0 Å². The van der Waals surface area contributed by atoms with Crippen LogP contribution in [-0.4, -0.2) is 14.9 Å². The lowest BCUT2D eigenvalue weighted by atomic mass is 9.92. The average Bonchev–Trinajstić information content (AvgIpc) is 2.94. The van der Waals surface area contributed by atoms with Gasteiger partial charge in [0.15, 0.2) is 0 Å². The molecule has 1 aromatic heterocycles. The van der Waals surface area contributed by atoms with Gasteiger partial charge in [0.25, 0.3) is 0 Å². The van der Waals surface area contributed by atoms with Gasteiger partial charge in [0.1, 0.15) is 11.4 Å². The Morgan fingerprint density at radius 3 is 3.05 bits per heavy atom. The summed E-state index contributed by atoms with van der Waals surface area (Å²) in [5, 5.41) is 15.5. The van der Waals surface area contributed by atoms with Crippen LogP contribution in [0.3, 0.4) is 0 Å². The van der Waals surface area contributed by atoms with Gasteiger partial charge in [-0.15, -0.1) is 0 Å². The van der Waals surface area contributed by atoms with Crippen molar-refractivity contribution in [2.45, 2.75) is 38.3 Å². The van der Waals surface area contributed by atoms with Crippen LogP contribution in [0.2, 0.25) is 0 Å². The van der Waals surface area contributed by atoms with Crippen LogP contribution in [0.1, 0.15) is 36.6 Å². The molecule has 0 amide bonds. The van der Waals surface area contributed by atoms with Crippen molar-refractivity contribution in [3.05, 3.63) is 51.5 Å². The summed E-state index contributed by atoms with van der Waals surface area (Å²) < 4.78 is 16.5. The zero-order valence-corrected chi connectivity index (χ0v) is 12.8. The summed E-state index contributed by atoms with van der Waals surface area (Å²) in [5.74, 6) is -0.240. The van der Waals surface area contributed by atoms with Gasteiger partial charge in [-0.05, 0) is 52.4 Å². The minimum Gasteiger partial charge on any atom is -0.379 e. The van der Waals surface area contributed by atoms with Gasteiger partial charge in [0.05, 0.1) is 16.4 Å². The minimum atomic E-state index is -1.16. The Labute approximate surface area is 125 Å². The van der Waals surface area contributed by atoms with Gasteiger partial charge in [-0.1, -0.05) is 19.1 Å². The second-order valence-corrected chi connectivity index (χ2v) is 6.04. The van der Waals surface area contributed by atoms with Gasteiger partial charge in [0.2, 0.25) is 0 Å². The minimum absolute atomic E-state index is 0.240. The molecule has 3 rings (SSSR count). The van der Waals surface area contributed by atoms with E-state index in [9.17, 15) is 9.50 Å². The third kappa shape index (κ3) is 1.91. The molecule has 2 aromatic rings. The third-order valence-electron chi connectivity index (χ3n) is 3.92. The topological polar surface area (TPSA) is 38.0 Å². The first-order chi connectivity index (χ1) is 9.58. The van der Waals surface area contributed by atoms with Gasteiger partial charge in [-0.2, -0.15) is 5.10 Å². The average molecular weight is 339 g/mol. The summed E-state index contributed by atoms with van der Waals surface area (Å²) in [7, 11) is 0. The van der Waals surface area contributed by atoms with Crippen molar-refractivity contribution in [3.63, 3.8) is 0 Å². The number of halogens is 2. The Morgan fingerprint density at radius 2 is 2.30 bits per heavy atom. The fourth-order valence-electron chi connectivity index (χ4n) is 3.04. The van der Waals surface area contributed by atoms with E-state index in [2.05, 4.69) is 28.0 Å². The summed E-state index contributed by atoms with van der Waals surface area (Å²) in [6.45, 7) is 2.79. The molecule has 1 heterocycles. The molecule has 1 aliphatic carbocycles. The fraction of sp³-hybridized carbons (Fsp3) is 0.400. The number of aromatic nitrogens is 2. The first-order valence-electron chi connectivity index (χ1n) is 6.80. The highest BCUT2D eigenvalue weighted by Crippen LogP contribution is 2.45. The lowest BCUT2D eigenvalue weighted by molar-refractivity contribution is 0.0718. The van der Waals surface area contributed by atoms with Gasteiger partial charge in [-0.3, -0.25) is 4.68 Å². The number of hydrogen-bond donors (Lipinski definition) is 1. The Kier molecular flexibility index (Phi) is 3.42. The van der Waals surface area contributed by atoms with Crippen LogP contribution in [0, 0.1) is 5.82 Å². The third-order valence-corrected chi connectivity index (χ3v) is 4.50. The molecule has 0 aliphatic heterocycles. The van der Waals surface area contributed by atoms with Crippen molar-refractivity contribution in [1.82, 2.24) is 9.78 Å². The van der Waals surface area contributed by atoms with E-state index < -0.39 is 5.60 Å². The summed E-state index contributed by atoms with van der Waals surface area (Å²) in [6.07, 6.45) is 3.65. The van der Waals surface area contributed by atoms with Gasteiger partial charge >= 0.3 is 0 Å². The highest BCUT2D eigenvalue weighted by atomic mass is 79.9. The first-order valence-corrected chi connectivity index (χ1v) is 7.59. The van der Waals surface area contributed by atoms with Crippen LogP contribution < -0.4 is 0 Å². The number of hydrogen-bond acceptors (Lipinski definition) is 2. The van der Waals surface area contributed by atoms with Crippen LogP contribution in [0.5, 0.6) is 0 Å². The van der Waals surface area contributed by atoms with E-state index in [-0.39, 0.29) is 5.82 Å². The molecule has 106 valence electrons. The predicted octanol–water partition coefficient (Wildman–Crippen LogP) is 3.38. The van der Waals surface area contributed by atoms with Gasteiger partial charge < -0.3 is 5.11 Å². The van der Waals surface area contributed by atoms with E-state index in [0.29, 0.717) is 24.0 Å². The fourth-order valence-corrected chi connectivity index (χ4v) is 3.67. The molecule has 1 N–H and O–H groups in total. The second kappa shape index (κ2) is 4.97. The highest BCUT2D eigenvalue weighted by molar-refractivity contribution is 9.10. The largest absolute Gasteiger partial charge is 0.379 e. The Hall–Kier alpha value is -1.20. The summed E-state index contributed by atoms with van der Waals surface area (Å²) in [4.78, 5) is 0. The van der Waals surface area contributed by atoms with Crippen LogP contribution in [0.25, 0.3) is 0 Å². The molecule has 0 radical (unpaired) electrons. The maximum atomic E-state index is 13.9. The van der Waals surface area contributed by atoms with Gasteiger partial charge in [-0.25, -0.2) is 4.39 Å². The standard InChI is InChI=1S/C15H16BrFN2O/c1-2-8-19-14(12(16)9-18-19)15(20)7-6-10-11(15)4-3-5-13(10)17/h3-5,9,20H,2,6-8H2,1H3. The molecular weight excluding hydrogens is 323 g/mol. The molecular formula is C15H16BrFN2O. The molecule has 0 saturated heterocycles. The molecule has 5 heteroatoms. The first kappa shape index (κ1) is 13.8. The number of rotatable bonds is 3. The molecule has 1 atom stereocenters. The summed E-state index contributed by atoms with van der Waals surface area (Å²) >= 11 is 3.47. The molecule has 0 fully saturated rings. The normalized spacial score (nSPS) is 21.2. The number of aliphatic hydroxyl groups is 1. The molecule has 3 nitrogen and oxygen atoms in total. The molecule has 0 bridgehead atoms. The Morgan fingerprint density at radius 1 is 1.50 bits per heavy atom. The number of benzene rings is 1. The van der Waals surface area contributed by atoms with Crippen LogP contribution in [0.4, 0.5) is 4.39 Å². The van der Waals surface area contributed by atoms with Crippen molar-refractivity contribution in [3.8, 4) is 0 Å². The summed E-state index contributed by atoms with van der Waals surface area (Å²) in [6, 6.07) is 4.91. The van der Waals surface area contributed by atoms with Crippen molar-refractivity contribution in [2.24, 2.45) is 0 Å². The van der Waals surface area contributed by atoms with Crippen molar-refractivity contribution < 1.29 is 9.50 Å². The van der Waals surface area contributed by atoms with Crippen LogP contribution in [0.15, 0.2) is 28.9 Å². The van der Waals surface area contributed by atoms with Crippen LogP contribution >= 0.6 is 15.9 Å². The van der Waals surface area contributed by atoms with Crippen molar-refractivity contribution in [2.75, 3.05) is 0 Å². The second-order valence-electron chi connectivity index (χ2n) is 5.19. The maximum absolute atomic E-state index is 13.9. The molecule has 0 saturated carbocycles. The monoisotopic (exact) mass is 338 g/mol. The predicted molar refractivity (Wildman–Crippen MR) is 77.9 cm³/mol. The Bertz CT molecular complexity index is 655. The van der Waals surface area contributed by atoms with E-state index in [1.165, 1.54) is 6.07 Å². The zero-order valence-electron chi connectivity index (χ0n) is 11.2. The smallest absolute Gasteiger partial charge is 0.133 e. The Balaban J connectivity index is 2.17. The quantitative estimate of drug-likeness (QED) is 0.931. The molecule has 1 aromatic carbocycles. The van der Waals surface area contributed by atoms with Crippen molar-refractivity contribution >= 4 is 15.9 Å². The van der Waals surface area contributed by atoms with E-state index >= 15 is 0 Å². The lowest BCUT2D eigenvalue weighted by Gasteiger charge is -2.26. The van der Waals surface area contributed by atoms with Crippen molar-refractivity contribution in [1.29, 1.82) is 0 Å². The highest BCUT2D eigenvalue weighted by Gasteiger charge is 2.43. The SMILES string of the molecule is CCCn1ncc(Br)c1C1(O)CCc2c(F)cccc21. The lowest BCUT2D eigenvalue weighted by Crippen LogP contribution is -2.28. The molecule has 0 spiro atoms. The van der Waals surface area contributed by atoms with E-state index in [0.717, 1.165) is 23.1 Å². The molecule has 1 aliphatic rings. The summed E-state index contributed by atoms with van der Waals surface area (Å²) in [5.41, 5.74) is 0.841. The molecule has 20 heavy (non-hydrogen) atoms. The van der Waals surface area contributed by atoms with Gasteiger partial charge in [0, 0.05) is 6.54 Å². The zero-order chi connectivity index (χ0) is 14.3. The van der Waals surface area contributed by atoms with E-state index in [1.807, 2.05) is 4.68 Å². The number of aryl methyl sites for hydroxylation is 1. The van der Waals surface area contributed by atoms with Crippen LogP contribution in [-0.2, 0) is 18.6 Å².